The second-order valence-corrected chi connectivity index (χ2v) is 7.39. The summed E-state index contributed by atoms with van der Waals surface area (Å²) in [5.74, 6) is 0.185. The van der Waals surface area contributed by atoms with Gasteiger partial charge in [0.05, 0.1) is 23.2 Å². The number of piperidine rings is 1. The lowest BCUT2D eigenvalue weighted by Gasteiger charge is -2.27. The Hall–Kier alpha value is -3.06. The molecule has 2 N–H and O–H groups in total. The summed E-state index contributed by atoms with van der Waals surface area (Å²) in [6.07, 6.45) is 3.18. The number of anilines is 1. The van der Waals surface area contributed by atoms with E-state index < -0.39 is 0 Å². The molecule has 7 nitrogen and oxygen atoms in total. The smallest absolute Gasteiger partial charge is 0.276 e. The second-order valence-electron chi connectivity index (χ2n) is 6.99. The maximum Gasteiger partial charge on any atom is 0.276 e. The van der Waals surface area contributed by atoms with Crippen LogP contribution in [0.5, 0.6) is 5.75 Å². The number of hydrogen-bond donors (Lipinski definition) is 2. The zero-order valence-electron chi connectivity index (χ0n) is 16.0. The van der Waals surface area contributed by atoms with E-state index in [1.165, 1.54) is 0 Å². The highest BCUT2D eigenvalue weighted by Gasteiger charge is 2.21. The third kappa shape index (κ3) is 3.91. The number of aromatic nitrogens is 2. The first-order valence-electron chi connectivity index (χ1n) is 9.49. The van der Waals surface area contributed by atoms with E-state index in [9.17, 15) is 9.59 Å². The van der Waals surface area contributed by atoms with Gasteiger partial charge in [-0.05, 0) is 55.7 Å². The molecule has 29 heavy (non-hydrogen) atoms. The van der Waals surface area contributed by atoms with Crippen molar-refractivity contribution in [3.8, 4) is 5.75 Å². The Labute approximate surface area is 173 Å². The predicted octanol–water partition coefficient (Wildman–Crippen LogP) is 4.10. The van der Waals surface area contributed by atoms with Crippen LogP contribution in [-0.2, 0) is 0 Å². The highest BCUT2D eigenvalue weighted by molar-refractivity contribution is 6.34. The molecule has 0 spiro atoms. The van der Waals surface area contributed by atoms with Gasteiger partial charge in [0.2, 0.25) is 0 Å². The molecule has 1 aliphatic rings. The summed E-state index contributed by atoms with van der Waals surface area (Å²) in [5.41, 5.74) is 1.93. The Morgan fingerprint density at radius 1 is 1.14 bits per heavy atom. The van der Waals surface area contributed by atoms with Gasteiger partial charge in [-0.3, -0.25) is 14.7 Å². The van der Waals surface area contributed by atoms with Crippen molar-refractivity contribution in [2.45, 2.75) is 19.3 Å². The van der Waals surface area contributed by atoms with Crippen molar-refractivity contribution >= 4 is 40.0 Å². The van der Waals surface area contributed by atoms with Crippen molar-refractivity contribution < 1.29 is 14.3 Å². The lowest BCUT2D eigenvalue weighted by molar-refractivity contribution is 0.0724. The van der Waals surface area contributed by atoms with Gasteiger partial charge in [-0.1, -0.05) is 11.6 Å². The van der Waals surface area contributed by atoms with Crippen molar-refractivity contribution in [2.75, 3.05) is 25.5 Å². The monoisotopic (exact) mass is 412 g/mol. The highest BCUT2D eigenvalue weighted by Crippen LogP contribution is 2.26. The van der Waals surface area contributed by atoms with Crippen LogP contribution in [0.25, 0.3) is 10.9 Å². The van der Waals surface area contributed by atoms with Crippen LogP contribution in [-0.4, -0.2) is 47.1 Å². The van der Waals surface area contributed by atoms with E-state index in [2.05, 4.69) is 15.5 Å². The Morgan fingerprint density at radius 3 is 2.66 bits per heavy atom. The molecule has 0 aliphatic carbocycles. The number of likely N-dealkylation sites (tertiary alicyclic amines) is 1. The number of aromatic amines is 1. The van der Waals surface area contributed by atoms with Crippen LogP contribution >= 0.6 is 11.6 Å². The summed E-state index contributed by atoms with van der Waals surface area (Å²) in [4.78, 5) is 27.2. The number of hydrogen-bond acceptors (Lipinski definition) is 4. The number of H-pyrrole nitrogens is 1. The largest absolute Gasteiger partial charge is 0.497 e. The van der Waals surface area contributed by atoms with Crippen LogP contribution in [0.3, 0.4) is 0 Å². The Bertz CT molecular complexity index is 1070. The number of rotatable bonds is 4. The van der Waals surface area contributed by atoms with Gasteiger partial charge in [-0.2, -0.15) is 5.10 Å². The molecule has 3 aromatic rings. The molecule has 2 amide bonds. The zero-order valence-corrected chi connectivity index (χ0v) is 16.8. The van der Waals surface area contributed by atoms with Crippen molar-refractivity contribution in [3.05, 3.63) is 52.7 Å². The standard InChI is InChI=1S/C21H21ClN4O3/c1-29-14-6-8-18-16(12-14)19(25-24-18)20(27)23-13-5-7-15(17(22)11-13)21(28)26-9-3-2-4-10-26/h5-8,11-12H,2-4,9-10H2,1H3,(H,23,27)(H,24,25). The van der Waals surface area contributed by atoms with E-state index in [4.69, 9.17) is 16.3 Å². The van der Waals surface area contributed by atoms with Gasteiger partial charge in [-0.25, -0.2) is 0 Å². The highest BCUT2D eigenvalue weighted by atomic mass is 35.5. The minimum Gasteiger partial charge on any atom is -0.497 e. The lowest BCUT2D eigenvalue weighted by Crippen LogP contribution is -2.35. The number of methoxy groups -OCH3 is 1. The number of halogens is 1. The summed E-state index contributed by atoms with van der Waals surface area (Å²) in [6, 6.07) is 10.3. The van der Waals surface area contributed by atoms with Crippen LogP contribution in [0.4, 0.5) is 5.69 Å². The Morgan fingerprint density at radius 2 is 1.93 bits per heavy atom. The fraction of sp³-hybridized carbons (Fsp3) is 0.286. The van der Waals surface area contributed by atoms with Crippen LogP contribution in [0.15, 0.2) is 36.4 Å². The topological polar surface area (TPSA) is 87.3 Å². The SMILES string of the molecule is COc1ccc2[nH]nc(C(=O)Nc3ccc(C(=O)N4CCCCC4)c(Cl)c3)c2c1. The third-order valence-corrected chi connectivity index (χ3v) is 5.40. The van der Waals surface area contributed by atoms with E-state index in [0.717, 1.165) is 37.9 Å². The zero-order chi connectivity index (χ0) is 20.4. The summed E-state index contributed by atoms with van der Waals surface area (Å²) >= 11 is 6.35. The normalized spacial score (nSPS) is 14.1. The van der Waals surface area contributed by atoms with Crippen molar-refractivity contribution in [1.29, 1.82) is 0 Å². The maximum absolute atomic E-state index is 12.7. The molecule has 1 aliphatic heterocycles. The summed E-state index contributed by atoms with van der Waals surface area (Å²) in [5, 5.41) is 10.7. The Kier molecular flexibility index (Phi) is 5.40. The summed E-state index contributed by atoms with van der Waals surface area (Å²) < 4.78 is 5.22. The number of fused-ring (bicyclic) bond motifs is 1. The van der Waals surface area contributed by atoms with Gasteiger partial charge >= 0.3 is 0 Å². The van der Waals surface area contributed by atoms with Crippen LogP contribution in [0.1, 0.15) is 40.1 Å². The van der Waals surface area contributed by atoms with Gasteiger partial charge in [-0.15, -0.1) is 0 Å². The number of ether oxygens (including phenoxy) is 1. The minimum absolute atomic E-state index is 0.0713. The number of carbonyl (C=O) groups excluding carboxylic acids is 2. The van der Waals surface area contributed by atoms with Crippen LogP contribution in [0, 0.1) is 0 Å². The molecule has 2 heterocycles. The van der Waals surface area contributed by atoms with Crippen molar-refractivity contribution in [2.24, 2.45) is 0 Å². The van der Waals surface area contributed by atoms with Gasteiger partial charge in [0.25, 0.3) is 11.8 Å². The average molecular weight is 413 g/mol. The quantitative estimate of drug-likeness (QED) is 0.675. The van der Waals surface area contributed by atoms with Gasteiger partial charge in [0.1, 0.15) is 5.75 Å². The van der Waals surface area contributed by atoms with Crippen molar-refractivity contribution in [1.82, 2.24) is 15.1 Å². The fourth-order valence-electron chi connectivity index (χ4n) is 3.52. The number of nitrogens with one attached hydrogen (secondary N) is 2. The van der Waals surface area contributed by atoms with Crippen LogP contribution in [0.2, 0.25) is 5.02 Å². The Balaban J connectivity index is 1.53. The fourth-order valence-corrected chi connectivity index (χ4v) is 3.78. The third-order valence-electron chi connectivity index (χ3n) is 5.09. The van der Waals surface area contributed by atoms with Gasteiger partial charge < -0.3 is 15.0 Å². The van der Waals surface area contributed by atoms with Crippen molar-refractivity contribution in [3.63, 3.8) is 0 Å². The van der Waals surface area contributed by atoms with Crippen LogP contribution < -0.4 is 10.1 Å². The molecular formula is C21H21ClN4O3. The molecule has 0 unspecified atom stereocenters. The molecule has 0 atom stereocenters. The lowest BCUT2D eigenvalue weighted by atomic mass is 10.1. The average Bonchev–Trinajstić information content (AvgIpc) is 3.17. The molecule has 0 saturated carbocycles. The van der Waals surface area contributed by atoms with E-state index in [1.807, 2.05) is 4.90 Å². The molecule has 2 aromatic carbocycles. The molecular weight excluding hydrogens is 392 g/mol. The van der Waals surface area contributed by atoms with E-state index in [0.29, 0.717) is 27.4 Å². The maximum atomic E-state index is 12.7. The van der Waals surface area contributed by atoms with E-state index in [1.54, 1.807) is 43.5 Å². The van der Waals surface area contributed by atoms with E-state index in [-0.39, 0.29) is 17.5 Å². The molecule has 0 radical (unpaired) electrons. The second kappa shape index (κ2) is 8.13. The van der Waals surface area contributed by atoms with E-state index >= 15 is 0 Å². The summed E-state index contributed by atoms with van der Waals surface area (Å²) in [6.45, 7) is 1.51. The minimum atomic E-state index is -0.379. The number of benzene rings is 2. The molecule has 4 rings (SSSR count). The number of amides is 2. The summed E-state index contributed by atoms with van der Waals surface area (Å²) in [7, 11) is 1.57. The number of nitrogens with zero attached hydrogens (tertiary/aromatic N) is 2. The van der Waals surface area contributed by atoms with Gasteiger partial charge in [0.15, 0.2) is 5.69 Å². The first-order chi connectivity index (χ1) is 14.1. The first kappa shape index (κ1) is 19.3. The molecule has 1 saturated heterocycles. The van der Waals surface area contributed by atoms with Gasteiger partial charge in [0, 0.05) is 24.2 Å². The molecule has 1 fully saturated rings. The predicted molar refractivity (Wildman–Crippen MR) is 112 cm³/mol. The first-order valence-corrected chi connectivity index (χ1v) is 9.87. The molecule has 1 aromatic heterocycles. The molecule has 8 heteroatoms. The molecule has 0 bridgehead atoms. The molecule has 150 valence electrons. The number of carbonyl (C=O) groups is 2.